The van der Waals surface area contributed by atoms with Crippen LogP contribution < -0.4 is 5.56 Å². The van der Waals surface area contributed by atoms with Gasteiger partial charge in [0.1, 0.15) is 5.76 Å². The van der Waals surface area contributed by atoms with Crippen molar-refractivity contribution in [3.05, 3.63) is 75.7 Å². The van der Waals surface area contributed by atoms with E-state index in [-0.39, 0.29) is 11.6 Å². The molecule has 0 saturated heterocycles. The summed E-state index contributed by atoms with van der Waals surface area (Å²) in [4.78, 5) is 18.4. The summed E-state index contributed by atoms with van der Waals surface area (Å²) < 4.78 is 7.71. The molecule has 8 heteroatoms. The molecule has 1 aromatic carbocycles. The van der Waals surface area contributed by atoms with E-state index in [1.165, 1.54) is 18.4 Å². The Morgan fingerprint density at radius 1 is 1.18 bits per heavy atom. The Hall–Kier alpha value is -3.26. The highest BCUT2D eigenvalue weighted by Gasteiger charge is 2.30. The van der Waals surface area contributed by atoms with E-state index < -0.39 is 0 Å². The van der Waals surface area contributed by atoms with Crippen molar-refractivity contribution in [3.8, 4) is 0 Å². The van der Waals surface area contributed by atoms with Gasteiger partial charge in [-0.1, -0.05) is 32.8 Å². The van der Waals surface area contributed by atoms with Gasteiger partial charge < -0.3 is 9.40 Å². The predicted molar refractivity (Wildman–Crippen MR) is 130 cm³/mol. The van der Waals surface area contributed by atoms with E-state index in [1.807, 2.05) is 28.9 Å². The molecule has 0 amide bonds. The van der Waals surface area contributed by atoms with Gasteiger partial charge in [0.15, 0.2) is 5.82 Å². The number of tetrazole rings is 1. The zero-order valence-corrected chi connectivity index (χ0v) is 19.9. The molecular weight excluding hydrogens is 428 g/mol. The van der Waals surface area contributed by atoms with Crippen LogP contribution >= 0.6 is 0 Å². The molecule has 178 valence electrons. The fourth-order valence-electron chi connectivity index (χ4n) is 5.17. The Morgan fingerprint density at radius 3 is 2.76 bits per heavy atom. The van der Waals surface area contributed by atoms with Gasteiger partial charge in [-0.05, 0) is 77.4 Å². The fraction of sp³-hybridized carbons (Fsp3) is 0.462. The minimum atomic E-state index is -0.0635. The SMILES string of the molecule is CCc1ccc2[nH]c(=O)c(CN(Cc3ccco3)[C@@H](CC)c3nnnn3C3CCCC3)cc2c1. The smallest absolute Gasteiger partial charge is 0.252 e. The average molecular weight is 461 g/mol. The summed E-state index contributed by atoms with van der Waals surface area (Å²) in [6.45, 7) is 5.32. The van der Waals surface area contributed by atoms with Crippen LogP contribution in [0.1, 0.15) is 80.7 Å². The summed E-state index contributed by atoms with van der Waals surface area (Å²) in [6, 6.07) is 12.4. The van der Waals surface area contributed by atoms with Gasteiger partial charge in [-0.25, -0.2) is 4.68 Å². The number of nitrogens with zero attached hydrogens (tertiary/aromatic N) is 5. The summed E-state index contributed by atoms with van der Waals surface area (Å²) >= 11 is 0. The van der Waals surface area contributed by atoms with E-state index >= 15 is 0 Å². The molecule has 0 unspecified atom stereocenters. The average Bonchev–Trinajstić information content (AvgIpc) is 3.62. The zero-order chi connectivity index (χ0) is 23.5. The van der Waals surface area contributed by atoms with Gasteiger partial charge in [0.2, 0.25) is 0 Å². The molecule has 4 aromatic rings. The number of nitrogens with one attached hydrogen (secondary N) is 1. The zero-order valence-electron chi connectivity index (χ0n) is 19.9. The first kappa shape index (κ1) is 22.5. The molecule has 1 fully saturated rings. The number of aromatic nitrogens is 5. The molecule has 1 aliphatic rings. The first-order valence-corrected chi connectivity index (χ1v) is 12.3. The normalized spacial score (nSPS) is 15.5. The molecule has 1 aliphatic carbocycles. The molecule has 1 atom stereocenters. The van der Waals surface area contributed by atoms with Gasteiger partial charge >= 0.3 is 0 Å². The molecular formula is C26H32N6O2. The number of rotatable bonds is 9. The van der Waals surface area contributed by atoms with Crippen LogP contribution in [0.4, 0.5) is 0 Å². The second-order valence-corrected chi connectivity index (χ2v) is 9.23. The number of benzene rings is 1. The van der Waals surface area contributed by atoms with E-state index in [9.17, 15) is 4.79 Å². The van der Waals surface area contributed by atoms with E-state index in [2.05, 4.69) is 51.4 Å². The van der Waals surface area contributed by atoms with Crippen LogP contribution in [-0.2, 0) is 19.5 Å². The summed E-state index contributed by atoms with van der Waals surface area (Å²) in [7, 11) is 0. The number of aryl methyl sites for hydroxylation is 1. The van der Waals surface area contributed by atoms with Gasteiger partial charge in [-0.3, -0.25) is 9.69 Å². The third kappa shape index (κ3) is 4.55. The first-order valence-electron chi connectivity index (χ1n) is 12.3. The minimum Gasteiger partial charge on any atom is -0.468 e. The Labute approximate surface area is 199 Å². The van der Waals surface area contributed by atoms with Gasteiger partial charge in [0.25, 0.3) is 5.56 Å². The molecule has 0 spiro atoms. The third-order valence-electron chi connectivity index (χ3n) is 7.02. The highest BCUT2D eigenvalue weighted by atomic mass is 16.3. The van der Waals surface area contributed by atoms with E-state index in [0.29, 0.717) is 19.1 Å². The maximum Gasteiger partial charge on any atom is 0.252 e. The van der Waals surface area contributed by atoms with Crippen LogP contribution in [0.2, 0.25) is 0 Å². The van der Waals surface area contributed by atoms with E-state index in [4.69, 9.17) is 4.42 Å². The number of hydrogen-bond donors (Lipinski definition) is 1. The Balaban J connectivity index is 1.52. The Bertz CT molecular complexity index is 1290. The first-order chi connectivity index (χ1) is 16.7. The largest absolute Gasteiger partial charge is 0.468 e. The Morgan fingerprint density at radius 2 is 2.03 bits per heavy atom. The van der Waals surface area contributed by atoms with Crippen molar-refractivity contribution in [2.24, 2.45) is 0 Å². The predicted octanol–water partition coefficient (Wildman–Crippen LogP) is 4.94. The standard InChI is InChI=1S/C26H32N6O2/c1-3-18-11-12-23-19(14-18)15-20(26(33)27-23)16-31(17-22-10-7-13-34-22)24(4-2)25-28-29-30-32(25)21-8-5-6-9-21/h7,10-15,21,24H,3-6,8-9,16-17H2,1-2H3,(H,27,33)/t24-/m0/s1. The van der Waals surface area contributed by atoms with Gasteiger partial charge in [0.05, 0.1) is 24.9 Å². The summed E-state index contributed by atoms with van der Waals surface area (Å²) in [5.74, 6) is 1.72. The van der Waals surface area contributed by atoms with Gasteiger partial charge in [-0.15, -0.1) is 5.10 Å². The highest BCUT2D eigenvalue weighted by Crippen LogP contribution is 2.33. The molecule has 5 rings (SSSR count). The van der Waals surface area contributed by atoms with Crippen LogP contribution in [0, 0.1) is 0 Å². The van der Waals surface area contributed by atoms with Crippen molar-refractivity contribution in [3.63, 3.8) is 0 Å². The number of aromatic amines is 1. The highest BCUT2D eigenvalue weighted by molar-refractivity contribution is 5.79. The van der Waals surface area contributed by atoms with Crippen molar-refractivity contribution in [1.82, 2.24) is 30.1 Å². The van der Waals surface area contributed by atoms with Gasteiger partial charge in [0, 0.05) is 17.6 Å². The molecule has 34 heavy (non-hydrogen) atoms. The summed E-state index contributed by atoms with van der Waals surface area (Å²) in [5, 5.41) is 13.9. The molecule has 3 aromatic heterocycles. The molecule has 1 saturated carbocycles. The Kier molecular flexibility index (Phi) is 6.58. The number of furan rings is 1. The van der Waals surface area contributed by atoms with Crippen molar-refractivity contribution in [2.45, 2.75) is 77.5 Å². The van der Waals surface area contributed by atoms with Gasteiger partial charge in [-0.2, -0.15) is 0 Å². The number of pyridine rings is 1. The lowest BCUT2D eigenvalue weighted by Crippen LogP contribution is -2.32. The van der Waals surface area contributed by atoms with Crippen molar-refractivity contribution in [1.29, 1.82) is 0 Å². The molecule has 8 nitrogen and oxygen atoms in total. The third-order valence-corrected chi connectivity index (χ3v) is 7.02. The minimum absolute atomic E-state index is 0.0437. The van der Waals surface area contributed by atoms with Crippen LogP contribution in [0.3, 0.4) is 0 Å². The second-order valence-electron chi connectivity index (χ2n) is 9.23. The van der Waals surface area contributed by atoms with E-state index in [0.717, 1.165) is 53.7 Å². The van der Waals surface area contributed by atoms with Crippen molar-refractivity contribution >= 4 is 10.9 Å². The van der Waals surface area contributed by atoms with Crippen molar-refractivity contribution < 1.29 is 4.42 Å². The van der Waals surface area contributed by atoms with Crippen LogP contribution in [0.15, 0.2) is 51.9 Å². The molecule has 0 aliphatic heterocycles. The lowest BCUT2D eigenvalue weighted by Gasteiger charge is -2.30. The second kappa shape index (κ2) is 9.93. The number of hydrogen-bond acceptors (Lipinski definition) is 6. The summed E-state index contributed by atoms with van der Waals surface area (Å²) in [6.07, 6.45) is 8.10. The molecule has 0 radical (unpaired) electrons. The lowest BCUT2D eigenvalue weighted by atomic mass is 10.1. The van der Waals surface area contributed by atoms with Crippen LogP contribution in [0.5, 0.6) is 0 Å². The van der Waals surface area contributed by atoms with Crippen LogP contribution in [0.25, 0.3) is 10.9 Å². The van der Waals surface area contributed by atoms with Crippen molar-refractivity contribution in [2.75, 3.05) is 0 Å². The maximum atomic E-state index is 13.0. The quantitative estimate of drug-likeness (QED) is 0.380. The number of H-pyrrole nitrogens is 1. The topological polar surface area (TPSA) is 92.8 Å². The fourth-order valence-corrected chi connectivity index (χ4v) is 5.17. The molecule has 1 N–H and O–H groups in total. The maximum absolute atomic E-state index is 13.0. The lowest BCUT2D eigenvalue weighted by molar-refractivity contribution is 0.146. The number of fused-ring (bicyclic) bond motifs is 1. The summed E-state index contributed by atoms with van der Waals surface area (Å²) in [5.41, 5.74) is 2.78. The monoisotopic (exact) mass is 460 g/mol. The van der Waals surface area contributed by atoms with E-state index in [1.54, 1.807) is 6.26 Å². The van der Waals surface area contributed by atoms with Crippen LogP contribution in [-0.4, -0.2) is 30.1 Å². The molecule has 3 heterocycles. The molecule has 0 bridgehead atoms.